The number of piperazine rings is 1. The first kappa shape index (κ1) is 15.1. The summed E-state index contributed by atoms with van der Waals surface area (Å²) in [4.78, 5) is 15.5. The van der Waals surface area contributed by atoms with Crippen molar-refractivity contribution in [3.05, 3.63) is 65.7 Å². The molecule has 0 spiro atoms. The van der Waals surface area contributed by atoms with Gasteiger partial charge in [-0.3, -0.25) is 4.79 Å². The zero-order chi connectivity index (χ0) is 15.2. The van der Waals surface area contributed by atoms with Crippen molar-refractivity contribution in [2.75, 3.05) is 26.2 Å². The molecule has 1 aliphatic heterocycles. The Labute approximate surface area is 135 Å². The maximum atomic E-state index is 12.4. The largest absolute Gasteiger partial charge is 0.336 e. The molecule has 1 amide bonds. The molecule has 1 heterocycles. The minimum absolute atomic E-state index is 0.140. The van der Waals surface area contributed by atoms with Crippen LogP contribution in [0.4, 0.5) is 0 Å². The van der Waals surface area contributed by atoms with Crippen molar-refractivity contribution in [2.24, 2.45) is 0 Å². The number of hydrogen-bond acceptors (Lipinski definition) is 3. The molecule has 0 atom stereocenters. The molecule has 0 aliphatic carbocycles. The van der Waals surface area contributed by atoms with Gasteiger partial charge in [0.25, 0.3) is 5.91 Å². The number of nitrogens with zero attached hydrogens (tertiary/aromatic N) is 1. The number of nitrogens with one attached hydrogen (secondary N) is 1. The maximum Gasteiger partial charge on any atom is 0.253 e. The van der Waals surface area contributed by atoms with E-state index in [1.54, 1.807) is 11.8 Å². The minimum Gasteiger partial charge on any atom is -0.336 e. The van der Waals surface area contributed by atoms with E-state index < -0.39 is 0 Å². The highest BCUT2D eigenvalue weighted by molar-refractivity contribution is 7.98. The highest BCUT2D eigenvalue weighted by Gasteiger charge is 2.17. The molecule has 1 N–H and O–H groups in total. The molecular weight excluding hydrogens is 292 g/mol. The predicted molar refractivity (Wildman–Crippen MR) is 91.2 cm³/mol. The SMILES string of the molecule is O=C(c1ccc(SCc2ccccc2)cc1)N1CCNCC1. The van der Waals surface area contributed by atoms with Crippen LogP contribution in [0.5, 0.6) is 0 Å². The molecule has 2 aromatic carbocycles. The average molecular weight is 312 g/mol. The monoisotopic (exact) mass is 312 g/mol. The normalized spacial score (nSPS) is 14.8. The Kier molecular flexibility index (Phi) is 5.14. The summed E-state index contributed by atoms with van der Waals surface area (Å²) in [6.07, 6.45) is 0. The molecule has 1 saturated heterocycles. The van der Waals surface area contributed by atoms with Gasteiger partial charge in [0.2, 0.25) is 0 Å². The molecule has 114 valence electrons. The zero-order valence-corrected chi connectivity index (χ0v) is 13.3. The van der Waals surface area contributed by atoms with Gasteiger partial charge >= 0.3 is 0 Å². The molecule has 3 nitrogen and oxygen atoms in total. The molecule has 1 fully saturated rings. The summed E-state index contributed by atoms with van der Waals surface area (Å²) >= 11 is 1.79. The van der Waals surface area contributed by atoms with Gasteiger partial charge in [0, 0.05) is 42.4 Å². The number of thioether (sulfide) groups is 1. The van der Waals surface area contributed by atoms with Crippen molar-refractivity contribution < 1.29 is 4.79 Å². The highest BCUT2D eigenvalue weighted by atomic mass is 32.2. The standard InChI is InChI=1S/C18H20N2OS/c21-18(20-12-10-19-11-13-20)16-6-8-17(9-7-16)22-14-15-4-2-1-3-5-15/h1-9,19H,10-14H2. The van der Waals surface area contributed by atoms with Crippen LogP contribution in [-0.2, 0) is 5.75 Å². The van der Waals surface area contributed by atoms with Crippen LogP contribution < -0.4 is 5.32 Å². The highest BCUT2D eigenvalue weighted by Crippen LogP contribution is 2.23. The number of rotatable bonds is 4. The van der Waals surface area contributed by atoms with E-state index in [1.165, 1.54) is 10.5 Å². The lowest BCUT2D eigenvalue weighted by molar-refractivity contribution is 0.0736. The molecule has 0 radical (unpaired) electrons. The van der Waals surface area contributed by atoms with Gasteiger partial charge in [-0.25, -0.2) is 0 Å². The van der Waals surface area contributed by atoms with Crippen LogP contribution in [0.25, 0.3) is 0 Å². The Bertz CT molecular complexity index is 607. The Hall–Kier alpha value is -1.78. The van der Waals surface area contributed by atoms with E-state index in [0.29, 0.717) is 0 Å². The minimum atomic E-state index is 0.140. The molecule has 1 aliphatic rings. The molecule has 0 aromatic heterocycles. The average Bonchev–Trinajstić information content (AvgIpc) is 2.61. The van der Waals surface area contributed by atoms with Gasteiger partial charge in [-0.1, -0.05) is 30.3 Å². The van der Waals surface area contributed by atoms with Crippen LogP contribution in [0.3, 0.4) is 0 Å². The van der Waals surface area contributed by atoms with Crippen LogP contribution in [0, 0.1) is 0 Å². The number of amides is 1. The van der Waals surface area contributed by atoms with Crippen LogP contribution in [0.2, 0.25) is 0 Å². The second-order valence-electron chi connectivity index (χ2n) is 5.34. The molecule has 0 bridgehead atoms. The lowest BCUT2D eigenvalue weighted by Crippen LogP contribution is -2.46. The number of benzene rings is 2. The van der Waals surface area contributed by atoms with Crippen molar-refractivity contribution in [3.8, 4) is 0 Å². The fourth-order valence-corrected chi connectivity index (χ4v) is 3.34. The van der Waals surface area contributed by atoms with Crippen molar-refractivity contribution in [3.63, 3.8) is 0 Å². The first-order valence-electron chi connectivity index (χ1n) is 7.60. The second-order valence-corrected chi connectivity index (χ2v) is 6.39. The van der Waals surface area contributed by atoms with Crippen LogP contribution in [-0.4, -0.2) is 37.0 Å². The van der Waals surface area contributed by atoms with Gasteiger partial charge in [-0.05, 0) is 29.8 Å². The van der Waals surface area contributed by atoms with Crippen LogP contribution in [0.1, 0.15) is 15.9 Å². The van der Waals surface area contributed by atoms with Crippen LogP contribution in [0.15, 0.2) is 59.5 Å². The molecule has 3 rings (SSSR count). The van der Waals surface area contributed by atoms with Gasteiger partial charge in [-0.15, -0.1) is 11.8 Å². The molecule has 2 aromatic rings. The van der Waals surface area contributed by atoms with Gasteiger partial charge in [0.1, 0.15) is 0 Å². The van der Waals surface area contributed by atoms with E-state index in [4.69, 9.17) is 0 Å². The number of carbonyl (C=O) groups excluding carboxylic acids is 1. The van der Waals surface area contributed by atoms with E-state index in [2.05, 4.69) is 29.6 Å². The van der Waals surface area contributed by atoms with Crippen molar-refractivity contribution in [1.29, 1.82) is 0 Å². The van der Waals surface area contributed by atoms with Crippen molar-refractivity contribution >= 4 is 17.7 Å². The third-order valence-electron chi connectivity index (χ3n) is 3.75. The lowest BCUT2D eigenvalue weighted by atomic mass is 10.2. The van der Waals surface area contributed by atoms with E-state index in [9.17, 15) is 4.79 Å². The summed E-state index contributed by atoms with van der Waals surface area (Å²) in [5, 5.41) is 3.27. The Morgan fingerprint density at radius 3 is 2.36 bits per heavy atom. The Morgan fingerprint density at radius 2 is 1.68 bits per heavy atom. The summed E-state index contributed by atoms with van der Waals surface area (Å²) in [7, 11) is 0. The van der Waals surface area contributed by atoms with E-state index in [-0.39, 0.29) is 5.91 Å². The fourth-order valence-electron chi connectivity index (χ4n) is 2.49. The lowest BCUT2D eigenvalue weighted by Gasteiger charge is -2.27. The molecular formula is C18H20N2OS. The quantitative estimate of drug-likeness (QED) is 0.881. The first-order valence-corrected chi connectivity index (χ1v) is 8.58. The van der Waals surface area contributed by atoms with E-state index in [1.807, 2.05) is 35.2 Å². The fraction of sp³-hybridized carbons (Fsp3) is 0.278. The summed E-state index contributed by atoms with van der Waals surface area (Å²) in [6, 6.07) is 18.4. The summed E-state index contributed by atoms with van der Waals surface area (Å²) in [5.74, 6) is 1.09. The molecule has 22 heavy (non-hydrogen) atoms. The zero-order valence-electron chi connectivity index (χ0n) is 12.5. The molecule has 0 unspecified atom stereocenters. The van der Waals surface area contributed by atoms with Gasteiger partial charge in [0.05, 0.1) is 0 Å². The van der Waals surface area contributed by atoms with E-state index >= 15 is 0 Å². The molecule has 4 heteroatoms. The van der Waals surface area contributed by atoms with Crippen molar-refractivity contribution in [1.82, 2.24) is 10.2 Å². The third kappa shape index (κ3) is 3.90. The number of carbonyl (C=O) groups is 1. The summed E-state index contributed by atoms with van der Waals surface area (Å²) in [6.45, 7) is 3.36. The van der Waals surface area contributed by atoms with Crippen LogP contribution >= 0.6 is 11.8 Å². The topological polar surface area (TPSA) is 32.3 Å². The summed E-state index contributed by atoms with van der Waals surface area (Å²) < 4.78 is 0. The Balaban J connectivity index is 1.59. The van der Waals surface area contributed by atoms with Gasteiger partial charge < -0.3 is 10.2 Å². The maximum absolute atomic E-state index is 12.4. The first-order chi connectivity index (χ1) is 10.8. The molecule has 0 saturated carbocycles. The third-order valence-corrected chi connectivity index (χ3v) is 4.84. The number of hydrogen-bond donors (Lipinski definition) is 1. The van der Waals surface area contributed by atoms with Gasteiger partial charge in [-0.2, -0.15) is 0 Å². The predicted octanol–water partition coefficient (Wildman–Crippen LogP) is 3.02. The smallest absolute Gasteiger partial charge is 0.253 e. The van der Waals surface area contributed by atoms with Gasteiger partial charge in [0.15, 0.2) is 0 Å². The van der Waals surface area contributed by atoms with Crippen molar-refractivity contribution in [2.45, 2.75) is 10.6 Å². The second kappa shape index (κ2) is 7.47. The summed E-state index contributed by atoms with van der Waals surface area (Å²) in [5.41, 5.74) is 2.10. The van der Waals surface area contributed by atoms with E-state index in [0.717, 1.165) is 37.5 Å². The Morgan fingerprint density at radius 1 is 1.00 bits per heavy atom.